The number of fused-ring (bicyclic) bond motifs is 2. The minimum absolute atomic E-state index is 0.0733. The number of aliphatic hydroxyl groups is 1. The van der Waals surface area contributed by atoms with E-state index in [1.54, 1.807) is 6.33 Å². The lowest BCUT2D eigenvalue weighted by Gasteiger charge is -2.30. The Labute approximate surface area is 153 Å². The van der Waals surface area contributed by atoms with Gasteiger partial charge in [0.25, 0.3) is 0 Å². The molecule has 1 saturated carbocycles. The number of likely N-dealkylation sites (tertiary alicyclic amines) is 1. The predicted molar refractivity (Wildman–Crippen MR) is 99.7 cm³/mol. The van der Waals surface area contributed by atoms with Crippen molar-refractivity contribution in [2.45, 2.75) is 32.7 Å². The molecule has 0 radical (unpaired) electrons. The van der Waals surface area contributed by atoms with E-state index in [1.807, 2.05) is 31.0 Å². The van der Waals surface area contributed by atoms with Gasteiger partial charge in [0.1, 0.15) is 17.8 Å². The summed E-state index contributed by atoms with van der Waals surface area (Å²) in [5, 5.41) is 10.5. The molecule has 1 amide bonds. The number of H-pyrrole nitrogens is 1. The molecule has 0 unspecified atom stereocenters. The number of anilines is 1. The van der Waals surface area contributed by atoms with Gasteiger partial charge in [0.05, 0.1) is 17.4 Å². The van der Waals surface area contributed by atoms with Crippen molar-refractivity contribution in [1.29, 1.82) is 0 Å². The van der Waals surface area contributed by atoms with Gasteiger partial charge in [-0.2, -0.15) is 0 Å². The number of aromatic nitrogens is 3. The molecule has 1 aliphatic carbocycles. The lowest BCUT2D eigenvalue weighted by molar-refractivity contribution is -0.141. The van der Waals surface area contributed by atoms with Gasteiger partial charge >= 0.3 is 0 Å². The number of hydrogen-bond donors (Lipinski definition) is 2. The molecule has 0 bridgehead atoms. The van der Waals surface area contributed by atoms with Gasteiger partial charge in [0.2, 0.25) is 5.91 Å². The second-order valence-electron chi connectivity index (χ2n) is 8.45. The van der Waals surface area contributed by atoms with Gasteiger partial charge in [-0.25, -0.2) is 9.97 Å². The molecule has 2 aliphatic rings. The minimum Gasteiger partial charge on any atom is -0.395 e. The third kappa shape index (κ3) is 2.74. The highest BCUT2D eigenvalue weighted by molar-refractivity contribution is 5.87. The third-order valence-corrected chi connectivity index (χ3v) is 6.20. The summed E-state index contributed by atoms with van der Waals surface area (Å²) in [5.41, 5.74) is 0.179. The maximum absolute atomic E-state index is 12.6. The van der Waals surface area contributed by atoms with Crippen molar-refractivity contribution in [1.82, 2.24) is 19.9 Å². The molecular weight excluding hydrogens is 330 g/mol. The van der Waals surface area contributed by atoms with Crippen LogP contribution in [-0.4, -0.2) is 63.7 Å². The summed E-state index contributed by atoms with van der Waals surface area (Å²) in [6.07, 6.45) is 5.64. The van der Waals surface area contributed by atoms with E-state index >= 15 is 0 Å². The summed E-state index contributed by atoms with van der Waals surface area (Å²) in [6, 6.07) is 2.45. The molecule has 4 rings (SSSR count). The van der Waals surface area contributed by atoms with Crippen molar-refractivity contribution in [2.75, 3.05) is 31.6 Å². The maximum Gasteiger partial charge on any atom is 0.230 e. The van der Waals surface area contributed by atoms with Gasteiger partial charge in [-0.1, -0.05) is 0 Å². The fraction of sp³-hybridized carbons (Fsp3) is 0.632. The number of nitrogens with one attached hydrogen (secondary N) is 1. The zero-order chi connectivity index (χ0) is 18.5. The molecule has 0 aromatic carbocycles. The molecule has 3 atom stereocenters. The first-order valence-corrected chi connectivity index (χ1v) is 9.32. The number of amides is 1. The van der Waals surface area contributed by atoms with E-state index in [4.69, 9.17) is 0 Å². The minimum atomic E-state index is -0.685. The number of nitrogens with zero attached hydrogens (tertiary/aromatic N) is 4. The summed E-state index contributed by atoms with van der Waals surface area (Å²) >= 11 is 0. The average Bonchev–Trinajstić information content (AvgIpc) is 3.33. The van der Waals surface area contributed by atoms with Crippen LogP contribution < -0.4 is 4.90 Å². The van der Waals surface area contributed by atoms with Crippen LogP contribution in [0.5, 0.6) is 0 Å². The van der Waals surface area contributed by atoms with E-state index in [2.05, 4.69) is 26.9 Å². The molecule has 2 aromatic rings. The van der Waals surface area contributed by atoms with Crippen LogP contribution in [0.1, 0.15) is 26.7 Å². The molecule has 2 fully saturated rings. The Morgan fingerprint density at radius 2 is 2.04 bits per heavy atom. The number of carbonyl (C=O) groups excluding carboxylic acids is 1. The van der Waals surface area contributed by atoms with Gasteiger partial charge in [-0.05, 0) is 44.6 Å². The second-order valence-corrected chi connectivity index (χ2v) is 8.45. The Balaban J connectivity index is 1.45. The van der Waals surface area contributed by atoms with E-state index in [0.717, 1.165) is 42.8 Å². The molecule has 140 valence electrons. The fourth-order valence-electron chi connectivity index (χ4n) is 4.56. The Morgan fingerprint density at radius 3 is 2.69 bits per heavy atom. The van der Waals surface area contributed by atoms with E-state index in [-0.39, 0.29) is 12.5 Å². The van der Waals surface area contributed by atoms with Crippen molar-refractivity contribution >= 4 is 22.8 Å². The summed E-state index contributed by atoms with van der Waals surface area (Å²) in [5.74, 6) is 2.11. The van der Waals surface area contributed by atoms with Gasteiger partial charge in [-0.3, -0.25) is 4.79 Å². The van der Waals surface area contributed by atoms with Gasteiger partial charge in [0.15, 0.2) is 0 Å². The van der Waals surface area contributed by atoms with Crippen LogP contribution in [-0.2, 0) is 4.79 Å². The summed E-state index contributed by atoms with van der Waals surface area (Å²) in [4.78, 5) is 28.8. The molecular formula is C19H27N5O2. The van der Waals surface area contributed by atoms with Crippen LogP contribution >= 0.6 is 0 Å². The van der Waals surface area contributed by atoms with Gasteiger partial charge in [0, 0.05) is 32.4 Å². The first-order valence-electron chi connectivity index (χ1n) is 9.32. The number of rotatable bonds is 4. The number of hydrogen-bond acceptors (Lipinski definition) is 5. The number of carbonyl (C=O) groups is 1. The van der Waals surface area contributed by atoms with Crippen LogP contribution in [0.4, 0.5) is 5.82 Å². The molecule has 1 saturated heterocycles. The second kappa shape index (κ2) is 6.23. The molecule has 1 aliphatic heterocycles. The van der Waals surface area contributed by atoms with Crippen molar-refractivity contribution in [3.05, 3.63) is 18.6 Å². The molecule has 26 heavy (non-hydrogen) atoms. The van der Waals surface area contributed by atoms with Crippen molar-refractivity contribution in [3.8, 4) is 0 Å². The quantitative estimate of drug-likeness (QED) is 0.869. The lowest BCUT2D eigenvalue weighted by Crippen LogP contribution is -2.42. The Hall–Kier alpha value is -2.15. The van der Waals surface area contributed by atoms with Crippen LogP contribution in [0.2, 0.25) is 0 Å². The average molecular weight is 357 g/mol. The van der Waals surface area contributed by atoms with Crippen LogP contribution in [0.15, 0.2) is 18.6 Å². The monoisotopic (exact) mass is 357 g/mol. The highest BCUT2D eigenvalue weighted by Gasteiger charge is 2.46. The Kier molecular flexibility index (Phi) is 4.14. The summed E-state index contributed by atoms with van der Waals surface area (Å²) < 4.78 is 0. The van der Waals surface area contributed by atoms with Crippen molar-refractivity contribution in [3.63, 3.8) is 0 Å². The SMILES string of the molecule is CN(c1ncnc2[nH]ccc12)[C@H]1C[C@@H]2CN(C(=O)C(C)(C)CO)C[C@@H]2C1. The van der Waals surface area contributed by atoms with E-state index in [9.17, 15) is 9.90 Å². The Bertz CT molecular complexity index is 803. The van der Waals surface area contributed by atoms with Crippen LogP contribution in [0, 0.1) is 17.3 Å². The van der Waals surface area contributed by atoms with E-state index < -0.39 is 5.41 Å². The van der Waals surface area contributed by atoms with Gasteiger partial charge in [-0.15, -0.1) is 0 Å². The van der Waals surface area contributed by atoms with Gasteiger partial charge < -0.3 is 19.9 Å². The first kappa shape index (κ1) is 17.3. The maximum atomic E-state index is 12.6. The number of aliphatic hydroxyl groups excluding tert-OH is 1. The lowest BCUT2D eigenvalue weighted by atomic mass is 9.93. The molecule has 7 nitrogen and oxygen atoms in total. The zero-order valence-electron chi connectivity index (χ0n) is 15.6. The molecule has 3 heterocycles. The predicted octanol–water partition coefficient (Wildman–Crippen LogP) is 1.65. The number of aromatic amines is 1. The standard InChI is InChI=1S/C19H27N5O2/c1-19(2,10-25)18(26)24-8-12-6-14(7-13(12)9-24)23(3)17-15-4-5-20-16(15)21-11-22-17/h4-5,11-14,25H,6-10H2,1-3H3,(H,20,21,22)/t12-,13+,14+. The summed E-state index contributed by atoms with van der Waals surface area (Å²) in [7, 11) is 2.11. The molecule has 7 heteroatoms. The normalized spacial score (nSPS) is 25.7. The van der Waals surface area contributed by atoms with Crippen molar-refractivity contribution in [2.24, 2.45) is 17.3 Å². The molecule has 2 N–H and O–H groups in total. The topological polar surface area (TPSA) is 85.4 Å². The molecule has 2 aromatic heterocycles. The van der Waals surface area contributed by atoms with Crippen LogP contribution in [0.25, 0.3) is 11.0 Å². The van der Waals surface area contributed by atoms with E-state index in [1.165, 1.54) is 0 Å². The zero-order valence-corrected chi connectivity index (χ0v) is 15.6. The third-order valence-electron chi connectivity index (χ3n) is 6.20. The highest BCUT2D eigenvalue weighted by atomic mass is 16.3. The smallest absolute Gasteiger partial charge is 0.230 e. The first-order chi connectivity index (χ1) is 12.4. The van der Waals surface area contributed by atoms with Crippen LogP contribution in [0.3, 0.4) is 0 Å². The fourth-order valence-corrected chi connectivity index (χ4v) is 4.56. The summed E-state index contributed by atoms with van der Waals surface area (Å²) in [6.45, 7) is 5.14. The van der Waals surface area contributed by atoms with Crippen molar-refractivity contribution < 1.29 is 9.90 Å². The molecule has 0 spiro atoms. The van der Waals surface area contributed by atoms with E-state index in [0.29, 0.717) is 17.9 Å². The largest absolute Gasteiger partial charge is 0.395 e. The Morgan fingerprint density at radius 1 is 1.35 bits per heavy atom. The highest BCUT2D eigenvalue weighted by Crippen LogP contribution is 2.42.